The van der Waals surface area contributed by atoms with Crippen LogP contribution in [0.4, 0.5) is 0 Å². The van der Waals surface area contributed by atoms with Crippen molar-refractivity contribution in [1.29, 1.82) is 0 Å². The first-order valence-corrected chi connectivity index (χ1v) is 13.1. The average molecular weight is 517 g/mol. The van der Waals surface area contributed by atoms with E-state index < -0.39 is 12.2 Å². The van der Waals surface area contributed by atoms with Gasteiger partial charge >= 0.3 is 0 Å². The number of aliphatic imine (C=N–C) groups is 1. The third-order valence-corrected chi connectivity index (χ3v) is 7.07. The molecule has 3 aromatic rings. The van der Waals surface area contributed by atoms with Crippen molar-refractivity contribution in [2.75, 3.05) is 20.7 Å². The highest BCUT2D eigenvalue weighted by Crippen LogP contribution is 2.38. The van der Waals surface area contributed by atoms with Gasteiger partial charge < -0.3 is 29.0 Å². The normalized spacial score (nSPS) is 24.0. The first-order valence-electron chi connectivity index (χ1n) is 13.1. The van der Waals surface area contributed by atoms with Crippen molar-refractivity contribution in [3.8, 4) is 5.75 Å². The van der Waals surface area contributed by atoms with Crippen molar-refractivity contribution in [1.82, 2.24) is 4.90 Å². The number of aryl methyl sites for hydroxylation is 1. The second-order valence-electron chi connectivity index (χ2n) is 10.2. The third-order valence-electron chi connectivity index (χ3n) is 7.07. The average Bonchev–Trinajstić information content (AvgIpc) is 3.46. The summed E-state index contributed by atoms with van der Waals surface area (Å²) in [5, 5.41) is 11.2. The summed E-state index contributed by atoms with van der Waals surface area (Å²) in [6.07, 6.45) is -1.52. The fourth-order valence-electron chi connectivity index (χ4n) is 4.89. The summed E-state index contributed by atoms with van der Waals surface area (Å²) in [5.41, 5.74) is 4.45. The lowest BCUT2D eigenvalue weighted by Gasteiger charge is -2.23. The Bertz CT molecular complexity index is 1200. The zero-order valence-corrected chi connectivity index (χ0v) is 22.2. The molecule has 1 N–H and O–H groups in total. The van der Waals surface area contributed by atoms with Crippen LogP contribution in [0.25, 0.3) is 0 Å². The molecule has 5 rings (SSSR count). The Hall–Kier alpha value is -3.39. The number of rotatable bonds is 10. The van der Waals surface area contributed by atoms with Crippen LogP contribution in [0, 0.1) is 12.8 Å². The zero-order chi connectivity index (χ0) is 26.5. The van der Waals surface area contributed by atoms with Gasteiger partial charge in [0.25, 0.3) is 6.02 Å². The number of hydrogen-bond donors (Lipinski definition) is 1. The number of fused-ring (bicyclic) bond motifs is 1. The molecular weight excluding hydrogens is 480 g/mol. The minimum absolute atomic E-state index is 0.243. The second kappa shape index (κ2) is 12.0. The van der Waals surface area contributed by atoms with Gasteiger partial charge in [0, 0.05) is 14.1 Å². The van der Waals surface area contributed by atoms with E-state index in [0.29, 0.717) is 32.4 Å². The molecule has 7 heteroatoms. The molecule has 200 valence electrons. The van der Waals surface area contributed by atoms with Crippen LogP contribution in [0.15, 0.2) is 83.9 Å². The summed E-state index contributed by atoms with van der Waals surface area (Å²) >= 11 is 0. The molecule has 0 aromatic heterocycles. The number of nitrogens with zero attached hydrogens (tertiary/aromatic N) is 2. The van der Waals surface area contributed by atoms with Crippen LogP contribution in [0.2, 0.25) is 0 Å². The van der Waals surface area contributed by atoms with Gasteiger partial charge in [0.1, 0.15) is 30.6 Å². The monoisotopic (exact) mass is 516 g/mol. The minimum Gasteiger partial charge on any atom is -0.489 e. The van der Waals surface area contributed by atoms with Crippen LogP contribution in [0.5, 0.6) is 5.75 Å². The van der Waals surface area contributed by atoms with Gasteiger partial charge in [-0.3, -0.25) is 0 Å². The van der Waals surface area contributed by atoms with Crippen molar-refractivity contribution >= 4 is 6.02 Å². The Morgan fingerprint density at radius 2 is 1.50 bits per heavy atom. The summed E-state index contributed by atoms with van der Waals surface area (Å²) in [6, 6.07) is 26.5. The molecule has 1 heterocycles. The minimum atomic E-state index is -0.745. The lowest BCUT2D eigenvalue weighted by molar-refractivity contribution is -0.0613. The van der Waals surface area contributed by atoms with Crippen molar-refractivity contribution < 1.29 is 24.1 Å². The highest BCUT2D eigenvalue weighted by Gasteiger charge is 2.56. The summed E-state index contributed by atoms with van der Waals surface area (Å²) < 4.78 is 24.3. The van der Waals surface area contributed by atoms with Gasteiger partial charge in [-0.05, 0) is 35.7 Å². The van der Waals surface area contributed by atoms with Gasteiger partial charge in [-0.2, -0.15) is 0 Å². The first kappa shape index (κ1) is 26.2. The molecular formula is C31H36N2O5. The highest BCUT2D eigenvalue weighted by atomic mass is 16.5. The number of benzene rings is 3. The Kier molecular flexibility index (Phi) is 8.27. The number of aliphatic hydroxyl groups is 1. The lowest BCUT2D eigenvalue weighted by Crippen LogP contribution is -2.36. The summed E-state index contributed by atoms with van der Waals surface area (Å²) in [5.74, 6) is 0.558. The number of aliphatic hydroxyl groups excluding tert-OH is 1. The second-order valence-corrected chi connectivity index (χ2v) is 10.2. The van der Waals surface area contributed by atoms with Crippen LogP contribution < -0.4 is 4.74 Å². The topological polar surface area (TPSA) is 72.8 Å². The van der Waals surface area contributed by atoms with Crippen molar-refractivity contribution in [2.24, 2.45) is 10.9 Å². The van der Waals surface area contributed by atoms with Crippen molar-refractivity contribution in [3.05, 3.63) is 101 Å². The predicted molar refractivity (Wildman–Crippen MR) is 146 cm³/mol. The van der Waals surface area contributed by atoms with Crippen molar-refractivity contribution in [3.63, 3.8) is 0 Å². The van der Waals surface area contributed by atoms with E-state index in [4.69, 9.17) is 23.9 Å². The molecule has 0 bridgehead atoms. The third kappa shape index (κ3) is 6.18. The molecule has 2 aliphatic rings. The molecule has 7 nitrogen and oxygen atoms in total. The van der Waals surface area contributed by atoms with E-state index in [9.17, 15) is 5.11 Å². The van der Waals surface area contributed by atoms with Gasteiger partial charge in [-0.1, -0.05) is 72.3 Å². The van der Waals surface area contributed by atoms with Crippen LogP contribution in [-0.2, 0) is 34.0 Å². The van der Waals surface area contributed by atoms with Crippen molar-refractivity contribution in [2.45, 2.75) is 51.1 Å². The van der Waals surface area contributed by atoms with Gasteiger partial charge in [0.15, 0.2) is 0 Å². The van der Waals surface area contributed by atoms with Gasteiger partial charge in [-0.25, -0.2) is 4.99 Å². The Labute approximate surface area is 224 Å². The smallest absolute Gasteiger partial charge is 0.287 e. The molecule has 0 amide bonds. The molecule has 1 aliphatic heterocycles. The Balaban J connectivity index is 1.18. The molecule has 1 fully saturated rings. The maximum atomic E-state index is 11.2. The van der Waals surface area contributed by atoms with E-state index in [2.05, 4.69) is 31.2 Å². The molecule has 1 saturated carbocycles. The van der Waals surface area contributed by atoms with Gasteiger partial charge in [0.05, 0.1) is 31.8 Å². The fourth-order valence-corrected chi connectivity index (χ4v) is 4.89. The molecule has 38 heavy (non-hydrogen) atoms. The number of amidine groups is 1. The van der Waals surface area contributed by atoms with E-state index in [1.807, 2.05) is 73.6 Å². The van der Waals surface area contributed by atoms with Crippen LogP contribution >= 0.6 is 0 Å². The molecule has 0 saturated heterocycles. The molecule has 5 atom stereocenters. The standard InChI is InChI=1S/C31H36N2O5/c1-21-9-11-23(12-10-21)18-36-25-15-13-24(14-16-25)19-37-30-27-29(38-31(32-27)33(2)3)26(28(30)34)20-35-17-22-7-5-4-6-8-22/h4-16,26-30,34H,17-20H2,1-3H3/t26?,27?,28-,29?,30?/m1/s1. The van der Waals surface area contributed by atoms with Crippen LogP contribution in [0.3, 0.4) is 0 Å². The summed E-state index contributed by atoms with van der Waals surface area (Å²) in [6.45, 7) is 3.79. The number of hydrogen-bond acceptors (Lipinski definition) is 7. The van der Waals surface area contributed by atoms with Gasteiger partial charge in [0.2, 0.25) is 0 Å². The number of ether oxygens (including phenoxy) is 4. The molecule has 4 unspecified atom stereocenters. The molecule has 0 radical (unpaired) electrons. The largest absolute Gasteiger partial charge is 0.489 e. The van der Waals surface area contributed by atoms with E-state index in [1.165, 1.54) is 5.56 Å². The predicted octanol–water partition coefficient (Wildman–Crippen LogP) is 4.35. The summed E-state index contributed by atoms with van der Waals surface area (Å²) in [7, 11) is 3.80. The molecule has 3 aromatic carbocycles. The first-order chi connectivity index (χ1) is 18.5. The lowest BCUT2D eigenvalue weighted by atomic mass is 10.0. The van der Waals surface area contributed by atoms with Crippen LogP contribution in [-0.4, -0.2) is 61.1 Å². The van der Waals surface area contributed by atoms with Crippen LogP contribution in [0.1, 0.15) is 22.3 Å². The van der Waals surface area contributed by atoms with E-state index in [1.54, 1.807) is 0 Å². The molecule has 1 aliphatic carbocycles. The Morgan fingerprint density at radius 3 is 2.21 bits per heavy atom. The SMILES string of the molecule is Cc1ccc(COc2ccc(COC3C4N=C(N(C)C)OC4C(COCc4ccccc4)[C@H]3O)cc2)cc1. The molecule has 0 spiro atoms. The maximum Gasteiger partial charge on any atom is 0.287 e. The van der Waals surface area contributed by atoms with E-state index >= 15 is 0 Å². The zero-order valence-electron chi connectivity index (χ0n) is 22.2. The maximum absolute atomic E-state index is 11.2. The summed E-state index contributed by atoms with van der Waals surface area (Å²) in [4.78, 5) is 6.59. The Morgan fingerprint density at radius 1 is 0.842 bits per heavy atom. The van der Waals surface area contributed by atoms with Gasteiger partial charge in [-0.15, -0.1) is 0 Å². The van der Waals surface area contributed by atoms with E-state index in [0.717, 1.165) is 22.4 Å². The van der Waals surface area contributed by atoms with E-state index in [-0.39, 0.29) is 18.1 Å². The fraction of sp³-hybridized carbons (Fsp3) is 0.387. The highest BCUT2D eigenvalue weighted by molar-refractivity contribution is 5.75. The quantitative estimate of drug-likeness (QED) is 0.432.